The summed E-state index contributed by atoms with van der Waals surface area (Å²) in [4.78, 5) is 2.06. The number of nitrogen functional groups attached to an aromatic ring is 1. The molecule has 20 heavy (non-hydrogen) atoms. The number of hydrogen-bond acceptors (Lipinski definition) is 2. The predicted octanol–water partition coefficient (Wildman–Crippen LogP) is 4.02. The number of nitrogens with two attached hydrogens (primary N) is 1. The maximum atomic E-state index is 7.72. The van der Waals surface area contributed by atoms with Crippen LogP contribution in [0.25, 0.3) is 0 Å². The highest BCUT2D eigenvalue weighted by atomic mass is 79.9. The number of hydrogen-bond donors (Lipinski definition) is 2. The van der Waals surface area contributed by atoms with Crippen molar-refractivity contribution in [1.82, 2.24) is 0 Å². The maximum Gasteiger partial charge on any atom is 0.126 e. The van der Waals surface area contributed by atoms with E-state index >= 15 is 0 Å². The Balaban J connectivity index is 2.29. The Bertz CT molecular complexity index is 626. The molecule has 0 radical (unpaired) electrons. The van der Waals surface area contributed by atoms with E-state index in [1.165, 1.54) is 0 Å². The predicted molar refractivity (Wildman–Crippen MR) is 88.7 cm³/mol. The van der Waals surface area contributed by atoms with Gasteiger partial charge >= 0.3 is 0 Å². The van der Waals surface area contributed by atoms with E-state index in [-0.39, 0.29) is 5.84 Å². The molecule has 0 amide bonds. The molecule has 2 rings (SSSR count). The number of benzene rings is 2. The van der Waals surface area contributed by atoms with Crippen LogP contribution in [-0.2, 0) is 6.54 Å². The Hall–Kier alpha value is -1.52. The smallest absolute Gasteiger partial charge is 0.126 e. The van der Waals surface area contributed by atoms with Crippen LogP contribution in [0.2, 0.25) is 5.02 Å². The standard InChI is InChI=1S/C15H15BrClN3/c1-20(9-10-5-7-11(17)8-6-10)13-4-2-3-12(16)14(13)15(18)19/h2-8H,9H2,1H3,(H3,18,19). The first-order chi connectivity index (χ1) is 9.49. The van der Waals surface area contributed by atoms with Gasteiger partial charge in [0.1, 0.15) is 5.84 Å². The lowest BCUT2D eigenvalue weighted by Gasteiger charge is -2.23. The van der Waals surface area contributed by atoms with Crippen LogP contribution in [0.15, 0.2) is 46.9 Å². The fourth-order valence-corrected chi connectivity index (χ4v) is 2.74. The lowest BCUT2D eigenvalue weighted by atomic mass is 10.1. The first-order valence-electron chi connectivity index (χ1n) is 6.07. The Morgan fingerprint density at radius 2 is 1.90 bits per heavy atom. The molecule has 0 heterocycles. The van der Waals surface area contributed by atoms with Crippen molar-refractivity contribution < 1.29 is 0 Å². The molecule has 3 N–H and O–H groups in total. The summed E-state index contributed by atoms with van der Waals surface area (Å²) in [5, 5.41) is 8.45. The number of nitrogens with one attached hydrogen (secondary N) is 1. The van der Waals surface area contributed by atoms with Gasteiger partial charge in [-0.25, -0.2) is 0 Å². The van der Waals surface area contributed by atoms with Crippen molar-refractivity contribution in [3.05, 3.63) is 63.1 Å². The van der Waals surface area contributed by atoms with Crippen LogP contribution in [0.4, 0.5) is 5.69 Å². The van der Waals surface area contributed by atoms with Gasteiger partial charge in [-0.2, -0.15) is 0 Å². The molecule has 0 bridgehead atoms. The molecule has 104 valence electrons. The van der Waals surface area contributed by atoms with Crippen LogP contribution in [0.5, 0.6) is 0 Å². The lowest BCUT2D eigenvalue weighted by Crippen LogP contribution is -2.22. The first kappa shape index (κ1) is 14.9. The minimum atomic E-state index is 0.0513. The van der Waals surface area contributed by atoms with Crippen molar-refractivity contribution in [3.63, 3.8) is 0 Å². The van der Waals surface area contributed by atoms with Crippen molar-refractivity contribution in [2.75, 3.05) is 11.9 Å². The average Bonchev–Trinajstić information content (AvgIpc) is 2.40. The molecule has 0 aromatic heterocycles. The maximum absolute atomic E-state index is 7.72. The summed E-state index contributed by atoms with van der Waals surface area (Å²) in [6.45, 7) is 0.716. The summed E-state index contributed by atoms with van der Waals surface area (Å²) < 4.78 is 0.824. The van der Waals surface area contributed by atoms with E-state index in [0.29, 0.717) is 12.1 Å². The topological polar surface area (TPSA) is 53.1 Å². The molecule has 0 unspecified atom stereocenters. The van der Waals surface area contributed by atoms with Gasteiger partial charge in [0, 0.05) is 28.8 Å². The summed E-state index contributed by atoms with van der Waals surface area (Å²) in [7, 11) is 1.98. The van der Waals surface area contributed by atoms with Gasteiger partial charge in [0.2, 0.25) is 0 Å². The monoisotopic (exact) mass is 351 g/mol. The van der Waals surface area contributed by atoms with E-state index in [0.717, 1.165) is 20.7 Å². The van der Waals surface area contributed by atoms with Crippen molar-refractivity contribution in [1.29, 1.82) is 5.41 Å². The van der Waals surface area contributed by atoms with Crippen LogP contribution in [0.1, 0.15) is 11.1 Å². The second-order valence-electron chi connectivity index (χ2n) is 4.53. The summed E-state index contributed by atoms with van der Waals surface area (Å²) in [6, 6.07) is 13.5. The molecule has 5 heteroatoms. The number of anilines is 1. The Kier molecular flexibility index (Phi) is 4.68. The fourth-order valence-electron chi connectivity index (χ4n) is 2.05. The van der Waals surface area contributed by atoms with E-state index in [1.54, 1.807) is 0 Å². The molecule has 0 saturated heterocycles. The highest BCUT2D eigenvalue weighted by Gasteiger charge is 2.13. The zero-order chi connectivity index (χ0) is 14.7. The Labute approximate surface area is 132 Å². The van der Waals surface area contributed by atoms with E-state index in [2.05, 4.69) is 20.8 Å². The summed E-state index contributed by atoms with van der Waals surface area (Å²) in [5.41, 5.74) is 8.45. The van der Waals surface area contributed by atoms with Crippen LogP contribution in [0.3, 0.4) is 0 Å². The van der Waals surface area contributed by atoms with E-state index < -0.39 is 0 Å². The number of amidine groups is 1. The second-order valence-corrected chi connectivity index (χ2v) is 5.82. The quantitative estimate of drug-likeness (QED) is 0.645. The van der Waals surface area contributed by atoms with Gasteiger partial charge in [0.25, 0.3) is 0 Å². The SMILES string of the molecule is CN(Cc1ccc(Cl)cc1)c1cccc(Br)c1C(=N)N. The third-order valence-electron chi connectivity index (χ3n) is 3.01. The molecular weight excluding hydrogens is 338 g/mol. The first-order valence-corrected chi connectivity index (χ1v) is 7.24. The van der Waals surface area contributed by atoms with Crippen molar-refractivity contribution in [2.24, 2.45) is 5.73 Å². The van der Waals surface area contributed by atoms with Crippen LogP contribution >= 0.6 is 27.5 Å². The third-order valence-corrected chi connectivity index (χ3v) is 3.92. The highest BCUT2D eigenvalue weighted by Crippen LogP contribution is 2.27. The molecule has 0 saturated carbocycles. The number of rotatable bonds is 4. The Morgan fingerprint density at radius 3 is 2.50 bits per heavy atom. The highest BCUT2D eigenvalue weighted by molar-refractivity contribution is 9.10. The van der Waals surface area contributed by atoms with Gasteiger partial charge in [-0.15, -0.1) is 0 Å². The Morgan fingerprint density at radius 1 is 1.25 bits per heavy atom. The van der Waals surface area contributed by atoms with E-state index in [9.17, 15) is 0 Å². The van der Waals surface area contributed by atoms with Gasteiger partial charge in [-0.1, -0.05) is 29.8 Å². The van der Waals surface area contributed by atoms with Crippen molar-refractivity contribution in [2.45, 2.75) is 6.54 Å². The van der Waals surface area contributed by atoms with E-state index in [1.807, 2.05) is 49.5 Å². The molecule has 0 aliphatic heterocycles. The van der Waals surface area contributed by atoms with E-state index in [4.69, 9.17) is 22.7 Å². The second kappa shape index (κ2) is 6.29. The van der Waals surface area contributed by atoms with Crippen LogP contribution in [-0.4, -0.2) is 12.9 Å². The molecule has 0 spiro atoms. The molecule has 0 fully saturated rings. The van der Waals surface area contributed by atoms with Crippen molar-refractivity contribution in [3.8, 4) is 0 Å². The minimum Gasteiger partial charge on any atom is -0.384 e. The average molecular weight is 353 g/mol. The van der Waals surface area contributed by atoms with Gasteiger partial charge in [-0.3, -0.25) is 5.41 Å². The third kappa shape index (κ3) is 3.32. The van der Waals surface area contributed by atoms with Crippen LogP contribution in [0, 0.1) is 5.41 Å². The minimum absolute atomic E-state index is 0.0513. The summed E-state index contributed by atoms with van der Waals surface area (Å²) in [5.74, 6) is 0.0513. The van der Waals surface area contributed by atoms with Gasteiger partial charge in [-0.05, 0) is 45.8 Å². The molecule has 3 nitrogen and oxygen atoms in total. The van der Waals surface area contributed by atoms with Gasteiger partial charge in [0.05, 0.1) is 5.56 Å². The fraction of sp³-hybridized carbons (Fsp3) is 0.133. The molecule has 2 aromatic carbocycles. The normalized spacial score (nSPS) is 10.3. The molecular formula is C15H15BrClN3. The zero-order valence-corrected chi connectivity index (χ0v) is 13.4. The number of halogens is 2. The molecule has 2 aromatic rings. The lowest BCUT2D eigenvalue weighted by molar-refractivity contribution is 0.920. The zero-order valence-electron chi connectivity index (χ0n) is 11.0. The van der Waals surface area contributed by atoms with Crippen molar-refractivity contribution >= 4 is 39.1 Å². The largest absolute Gasteiger partial charge is 0.384 e. The van der Waals surface area contributed by atoms with Gasteiger partial charge < -0.3 is 10.6 Å². The van der Waals surface area contributed by atoms with Crippen LogP contribution < -0.4 is 10.6 Å². The number of nitrogens with zero attached hydrogens (tertiary/aromatic N) is 1. The van der Waals surface area contributed by atoms with Gasteiger partial charge in [0.15, 0.2) is 0 Å². The molecule has 0 aliphatic rings. The molecule has 0 atom stereocenters. The summed E-state index contributed by atoms with van der Waals surface area (Å²) in [6.07, 6.45) is 0. The summed E-state index contributed by atoms with van der Waals surface area (Å²) >= 11 is 9.33. The molecule has 0 aliphatic carbocycles.